The molecule has 2 N–H and O–H groups in total. The van der Waals surface area contributed by atoms with Gasteiger partial charge in [0, 0.05) is 25.7 Å². The molecule has 1 aromatic carbocycles. The SMILES string of the molecule is Cl.N[C@@H]1CCN(C(=O)C2CCCCN2S(=O)(=O)c2ccccc2)C1. The highest BCUT2D eigenvalue weighted by atomic mass is 35.5. The zero-order chi connectivity index (χ0) is 16.4. The van der Waals surface area contributed by atoms with E-state index in [2.05, 4.69) is 0 Å². The highest BCUT2D eigenvalue weighted by Crippen LogP contribution is 2.27. The Morgan fingerprint density at radius 3 is 2.42 bits per heavy atom. The molecule has 0 spiro atoms. The number of likely N-dealkylation sites (tertiary alicyclic amines) is 1. The van der Waals surface area contributed by atoms with E-state index in [1.165, 1.54) is 4.31 Å². The fourth-order valence-electron chi connectivity index (χ4n) is 3.37. The summed E-state index contributed by atoms with van der Waals surface area (Å²) < 4.78 is 27.2. The molecule has 1 aromatic rings. The standard InChI is InChI=1S/C16H23N3O3S.ClH/c17-13-9-11-18(12-13)16(20)15-8-4-5-10-19(15)23(21,22)14-6-2-1-3-7-14;/h1-3,6-7,13,15H,4-5,8-12,17H2;1H/t13-,15?;/m1./s1. The summed E-state index contributed by atoms with van der Waals surface area (Å²) in [5.41, 5.74) is 5.88. The summed E-state index contributed by atoms with van der Waals surface area (Å²) in [5, 5.41) is 0. The Labute approximate surface area is 149 Å². The predicted octanol–water partition coefficient (Wildman–Crippen LogP) is 1.21. The lowest BCUT2D eigenvalue weighted by Gasteiger charge is -2.35. The molecular weight excluding hydrogens is 350 g/mol. The Bertz CT molecular complexity index is 668. The number of rotatable bonds is 3. The van der Waals surface area contributed by atoms with Gasteiger partial charge in [-0.05, 0) is 31.4 Å². The molecule has 0 bridgehead atoms. The van der Waals surface area contributed by atoms with Crippen LogP contribution in [-0.4, -0.2) is 55.2 Å². The summed E-state index contributed by atoms with van der Waals surface area (Å²) in [6.07, 6.45) is 3.02. The maximum atomic E-state index is 12.9. The number of piperidine rings is 1. The molecule has 2 aliphatic heterocycles. The van der Waals surface area contributed by atoms with E-state index in [0.29, 0.717) is 26.1 Å². The van der Waals surface area contributed by atoms with Gasteiger partial charge in [-0.15, -0.1) is 12.4 Å². The summed E-state index contributed by atoms with van der Waals surface area (Å²) in [6, 6.07) is 7.75. The van der Waals surface area contributed by atoms with Crippen LogP contribution in [0.3, 0.4) is 0 Å². The molecule has 2 heterocycles. The van der Waals surface area contributed by atoms with E-state index >= 15 is 0 Å². The van der Waals surface area contributed by atoms with Crippen LogP contribution in [0, 0.1) is 0 Å². The zero-order valence-corrected chi connectivity index (χ0v) is 15.1. The number of halogens is 1. The van der Waals surface area contributed by atoms with Crippen LogP contribution < -0.4 is 5.73 Å². The molecule has 1 amide bonds. The van der Waals surface area contributed by atoms with Crippen LogP contribution >= 0.6 is 12.4 Å². The number of amides is 1. The first kappa shape index (κ1) is 19.2. The van der Waals surface area contributed by atoms with Crippen molar-refractivity contribution in [3.05, 3.63) is 30.3 Å². The number of sulfonamides is 1. The minimum absolute atomic E-state index is 0. The first-order valence-corrected chi connectivity index (χ1v) is 9.55. The van der Waals surface area contributed by atoms with Crippen LogP contribution in [0.1, 0.15) is 25.7 Å². The van der Waals surface area contributed by atoms with Crippen LogP contribution in [0.2, 0.25) is 0 Å². The summed E-state index contributed by atoms with van der Waals surface area (Å²) in [7, 11) is -3.64. The largest absolute Gasteiger partial charge is 0.340 e. The van der Waals surface area contributed by atoms with Crippen LogP contribution in [0.4, 0.5) is 0 Å². The van der Waals surface area contributed by atoms with E-state index in [-0.39, 0.29) is 29.3 Å². The Hall–Kier alpha value is -1.15. The smallest absolute Gasteiger partial charge is 0.243 e. The van der Waals surface area contributed by atoms with Crippen LogP contribution in [0.5, 0.6) is 0 Å². The topological polar surface area (TPSA) is 83.7 Å². The minimum Gasteiger partial charge on any atom is -0.340 e. The van der Waals surface area contributed by atoms with Crippen LogP contribution in [-0.2, 0) is 14.8 Å². The number of nitrogens with zero attached hydrogens (tertiary/aromatic N) is 2. The quantitative estimate of drug-likeness (QED) is 0.863. The average molecular weight is 374 g/mol. The Morgan fingerprint density at radius 1 is 1.08 bits per heavy atom. The third-order valence-corrected chi connectivity index (χ3v) is 6.55. The Balaban J connectivity index is 0.00000208. The van der Waals surface area contributed by atoms with Gasteiger partial charge in [0.25, 0.3) is 0 Å². The molecule has 8 heteroatoms. The van der Waals surface area contributed by atoms with Gasteiger partial charge in [0.1, 0.15) is 6.04 Å². The van der Waals surface area contributed by atoms with E-state index in [9.17, 15) is 13.2 Å². The Kier molecular flexibility index (Phi) is 6.25. The fourth-order valence-corrected chi connectivity index (χ4v) is 5.04. The van der Waals surface area contributed by atoms with Crippen molar-refractivity contribution in [2.24, 2.45) is 5.73 Å². The third-order valence-electron chi connectivity index (χ3n) is 4.62. The maximum absolute atomic E-state index is 12.9. The van der Waals surface area contributed by atoms with Crippen LogP contribution in [0.15, 0.2) is 35.2 Å². The first-order valence-electron chi connectivity index (χ1n) is 8.11. The number of hydrogen-bond acceptors (Lipinski definition) is 4. The number of carbonyl (C=O) groups excluding carboxylic acids is 1. The van der Waals surface area contributed by atoms with Gasteiger partial charge in [-0.2, -0.15) is 4.31 Å². The summed E-state index contributed by atoms with van der Waals surface area (Å²) in [4.78, 5) is 14.8. The lowest BCUT2D eigenvalue weighted by molar-refractivity contribution is -0.135. The number of benzene rings is 1. The van der Waals surface area contributed by atoms with E-state index in [4.69, 9.17) is 5.73 Å². The van der Waals surface area contributed by atoms with Gasteiger partial charge in [-0.25, -0.2) is 8.42 Å². The van der Waals surface area contributed by atoms with Crippen LogP contribution in [0.25, 0.3) is 0 Å². The van der Waals surface area contributed by atoms with E-state index in [1.807, 2.05) is 0 Å². The van der Waals surface area contributed by atoms with E-state index in [0.717, 1.165) is 19.3 Å². The zero-order valence-electron chi connectivity index (χ0n) is 13.5. The predicted molar refractivity (Wildman–Crippen MR) is 94.4 cm³/mol. The highest BCUT2D eigenvalue weighted by Gasteiger charge is 2.40. The summed E-state index contributed by atoms with van der Waals surface area (Å²) >= 11 is 0. The van der Waals surface area contributed by atoms with Gasteiger partial charge < -0.3 is 10.6 Å². The molecule has 2 atom stereocenters. The lowest BCUT2D eigenvalue weighted by Crippen LogP contribution is -2.52. The number of carbonyl (C=O) groups is 1. The van der Waals surface area contributed by atoms with Crippen molar-refractivity contribution >= 4 is 28.3 Å². The number of hydrogen-bond donors (Lipinski definition) is 1. The van der Waals surface area contributed by atoms with Crippen molar-refractivity contribution in [2.45, 2.75) is 42.7 Å². The van der Waals surface area contributed by atoms with Gasteiger partial charge in [-0.3, -0.25) is 4.79 Å². The average Bonchev–Trinajstić information content (AvgIpc) is 3.01. The van der Waals surface area contributed by atoms with Crippen molar-refractivity contribution in [1.29, 1.82) is 0 Å². The van der Waals surface area contributed by atoms with E-state index < -0.39 is 16.1 Å². The molecule has 2 aliphatic rings. The molecule has 0 aliphatic carbocycles. The van der Waals surface area contributed by atoms with Crippen molar-refractivity contribution < 1.29 is 13.2 Å². The molecule has 24 heavy (non-hydrogen) atoms. The van der Waals surface area contributed by atoms with Crippen molar-refractivity contribution in [2.75, 3.05) is 19.6 Å². The lowest BCUT2D eigenvalue weighted by atomic mass is 10.0. The van der Waals surface area contributed by atoms with Gasteiger partial charge in [0.2, 0.25) is 15.9 Å². The molecular formula is C16H24ClN3O3S. The van der Waals surface area contributed by atoms with Gasteiger partial charge in [0.05, 0.1) is 4.90 Å². The van der Waals surface area contributed by atoms with Gasteiger partial charge >= 0.3 is 0 Å². The third kappa shape index (κ3) is 3.74. The molecule has 134 valence electrons. The Morgan fingerprint density at radius 2 is 1.79 bits per heavy atom. The van der Waals surface area contributed by atoms with Crippen molar-refractivity contribution in [3.63, 3.8) is 0 Å². The first-order chi connectivity index (χ1) is 11.0. The summed E-state index contributed by atoms with van der Waals surface area (Å²) in [6.45, 7) is 1.54. The number of nitrogens with two attached hydrogens (primary N) is 1. The molecule has 2 fully saturated rings. The van der Waals surface area contributed by atoms with Crippen molar-refractivity contribution in [1.82, 2.24) is 9.21 Å². The molecule has 1 unspecified atom stereocenters. The fraction of sp³-hybridized carbons (Fsp3) is 0.562. The molecule has 3 rings (SSSR count). The molecule has 2 saturated heterocycles. The molecule has 0 radical (unpaired) electrons. The normalized spacial score (nSPS) is 25.3. The summed E-state index contributed by atoms with van der Waals surface area (Å²) in [5.74, 6) is -0.0999. The van der Waals surface area contributed by atoms with Gasteiger partial charge in [0.15, 0.2) is 0 Å². The molecule has 0 aromatic heterocycles. The molecule has 6 nitrogen and oxygen atoms in total. The highest BCUT2D eigenvalue weighted by molar-refractivity contribution is 7.89. The second-order valence-corrected chi connectivity index (χ2v) is 8.16. The van der Waals surface area contributed by atoms with E-state index in [1.54, 1.807) is 35.2 Å². The van der Waals surface area contributed by atoms with Gasteiger partial charge in [-0.1, -0.05) is 24.6 Å². The second kappa shape index (κ2) is 7.82. The maximum Gasteiger partial charge on any atom is 0.243 e. The monoisotopic (exact) mass is 373 g/mol. The van der Waals surface area contributed by atoms with Crippen molar-refractivity contribution in [3.8, 4) is 0 Å². The second-order valence-electron chi connectivity index (χ2n) is 6.27. The minimum atomic E-state index is -3.64. The molecule has 0 saturated carbocycles.